The largest absolute Gasteiger partial charge is 0.573 e. The Kier molecular flexibility index (Phi) is 5.39. The molecular weight excluding hydrogens is 401 g/mol. The standard InChI is InChI=1S/C18H12F5N3O3/c19-12-5-11-14(6-13(12)20)24-8-15(11)26-17(28)16(27)25-7-9-2-1-3-10(4-9)29-18(21,22)23/h1-6,8,24H,7H2,(H,25,27)(H,26,28). The van der Waals surface area contributed by atoms with Crippen molar-refractivity contribution in [3.8, 4) is 5.75 Å². The van der Waals surface area contributed by atoms with E-state index in [4.69, 9.17) is 0 Å². The number of benzene rings is 2. The van der Waals surface area contributed by atoms with Crippen LogP contribution in [0.3, 0.4) is 0 Å². The molecule has 0 bridgehead atoms. The first-order valence-electron chi connectivity index (χ1n) is 8.02. The van der Waals surface area contributed by atoms with Crippen LogP contribution in [0.1, 0.15) is 5.56 Å². The third-order valence-corrected chi connectivity index (χ3v) is 3.76. The van der Waals surface area contributed by atoms with Crippen LogP contribution in [-0.4, -0.2) is 23.2 Å². The van der Waals surface area contributed by atoms with E-state index in [1.807, 2.05) is 0 Å². The van der Waals surface area contributed by atoms with Gasteiger partial charge in [0.1, 0.15) is 5.75 Å². The van der Waals surface area contributed by atoms with Crippen LogP contribution in [0, 0.1) is 11.6 Å². The minimum Gasteiger partial charge on any atom is -0.406 e. The Bertz CT molecular complexity index is 1080. The van der Waals surface area contributed by atoms with Crippen molar-refractivity contribution in [1.82, 2.24) is 10.3 Å². The zero-order valence-electron chi connectivity index (χ0n) is 14.4. The molecule has 3 N–H and O–H groups in total. The highest BCUT2D eigenvalue weighted by Gasteiger charge is 2.31. The second-order valence-corrected chi connectivity index (χ2v) is 5.85. The third kappa shape index (κ3) is 5.00. The predicted molar refractivity (Wildman–Crippen MR) is 91.8 cm³/mol. The van der Waals surface area contributed by atoms with Crippen molar-refractivity contribution >= 4 is 28.4 Å². The van der Waals surface area contributed by atoms with Crippen molar-refractivity contribution in [1.29, 1.82) is 0 Å². The minimum absolute atomic E-state index is 0.0552. The predicted octanol–water partition coefficient (Wildman–Crippen LogP) is 3.60. The van der Waals surface area contributed by atoms with Gasteiger partial charge in [-0.1, -0.05) is 12.1 Å². The summed E-state index contributed by atoms with van der Waals surface area (Å²) in [4.78, 5) is 26.6. The molecule has 0 radical (unpaired) electrons. The number of nitrogens with one attached hydrogen (secondary N) is 3. The molecule has 3 rings (SSSR count). The van der Waals surface area contributed by atoms with Crippen molar-refractivity contribution in [2.75, 3.05) is 5.32 Å². The summed E-state index contributed by atoms with van der Waals surface area (Å²) in [5.74, 6) is -4.85. The van der Waals surface area contributed by atoms with Gasteiger partial charge in [0.2, 0.25) is 0 Å². The van der Waals surface area contributed by atoms with Gasteiger partial charge in [-0.25, -0.2) is 8.78 Å². The monoisotopic (exact) mass is 413 g/mol. The smallest absolute Gasteiger partial charge is 0.406 e. The molecule has 2 aromatic carbocycles. The number of carbonyl (C=O) groups is 2. The molecular formula is C18H12F5N3O3. The summed E-state index contributed by atoms with van der Waals surface area (Å²) >= 11 is 0. The van der Waals surface area contributed by atoms with Crippen LogP contribution in [0.25, 0.3) is 10.9 Å². The molecule has 1 heterocycles. The number of ether oxygens (including phenoxy) is 1. The van der Waals surface area contributed by atoms with E-state index >= 15 is 0 Å². The SMILES string of the molecule is O=C(NCc1cccc(OC(F)(F)F)c1)C(=O)Nc1c[nH]c2cc(F)c(F)cc12. The molecule has 2 amide bonds. The number of fused-ring (bicyclic) bond motifs is 1. The number of H-pyrrole nitrogens is 1. The van der Waals surface area contributed by atoms with Crippen LogP contribution < -0.4 is 15.4 Å². The Labute approximate surface area is 159 Å². The summed E-state index contributed by atoms with van der Waals surface area (Å²) in [6.07, 6.45) is -3.60. The molecule has 0 aliphatic heterocycles. The van der Waals surface area contributed by atoms with Crippen molar-refractivity contribution in [2.24, 2.45) is 0 Å². The van der Waals surface area contributed by atoms with E-state index in [-0.39, 0.29) is 28.7 Å². The van der Waals surface area contributed by atoms with Crippen LogP contribution in [0.15, 0.2) is 42.6 Å². The summed E-state index contributed by atoms with van der Waals surface area (Å²) in [7, 11) is 0. The van der Waals surface area contributed by atoms with Gasteiger partial charge >= 0.3 is 18.2 Å². The number of amides is 2. The van der Waals surface area contributed by atoms with E-state index in [0.29, 0.717) is 0 Å². The van der Waals surface area contributed by atoms with E-state index in [9.17, 15) is 31.5 Å². The Hall–Kier alpha value is -3.63. The van der Waals surface area contributed by atoms with Gasteiger partial charge in [-0.2, -0.15) is 0 Å². The fourth-order valence-electron chi connectivity index (χ4n) is 2.51. The Morgan fingerprint density at radius 3 is 2.48 bits per heavy atom. The van der Waals surface area contributed by atoms with Gasteiger partial charge in [0.05, 0.1) is 11.2 Å². The number of hydrogen-bond donors (Lipinski definition) is 3. The second-order valence-electron chi connectivity index (χ2n) is 5.85. The van der Waals surface area contributed by atoms with Crippen molar-refractivity contribution in [3.63, 3.8) is 0 Å². The lowest BCUT2D eigenvalue weighted by molar-refractivity contribution is -0.274. The summed E-state index contributed by atoms with van der Waals surface area (Å²) in [6.45, 7) is -0.241. The number of aromatic nitrogens is 1. The molecule has 0 unspecified atom stereocenters. The Morgan fingerprint density at radius 1 is 1.03 bits per heavy atom. The molecule has 0 saturated carbocycles. The van der Waals surface area contributed by atoms with Gasteiger partial charge in [-0.05, 0) is 23.8 Å². The fraction of sp³-hybridized carbons (Fsp3) is 0.111. The minimum atomic E-state index is -4.86. The molecule has 11 heteroatoms. The number of aromatic amines is 1. The quantitative estimate of drug-likeness (QED) is 0.452. The van der Waals surface area contributed by atoms with Gasteiger partial charge in [0.25, 0.3) is 0 Å². The summed E-state index contributed by atoms with van der Waals surface area (Å²) in [5, 5.41) is 4.64. The van der Waals surface area contributed by atoms with E-state index in [0.717, 1.165) is 24.3 Å². The zero-order chi connectivity index (χ0) is 21.2. The summed E-state index contributed by atoms with van der Waals surface area (Å²) < 4.78 is 67.1. The van der Waals surface area contributed by atoms with Gasteiger partial charge in [-0.15, -0.1) is 13.2 Å². The number of carbonyl (C=O) groups excluding carboxylic acids is 2. The van der Waals surface area contributed by atoms with Crippen LogP contribution in [0.4, 0.5) is 27.6 Å². The third-order valence-electron chi connectivity index (χ3n) is 3.76. The number of alkyl halides is 3. The van der Waals surface area contributed by atoms with Crippen LogP contribution in [0.5, 0.6) is 5.75 Å². The molecule has 0 aliphatic rings. The highest BCUT2D eigenvalue weighted by Crippen LogP contribution is 2.26. The molecule has 6 nitrogen and oxygen atoms in total. The molecule has 152 valence electrons. The lowest BCUT2D eigenvalue weighted by Gasteiger charge is -2.10. The molecule has 0 saturated heterocycles. The first-order valence-corrected chi connectivity index (χ1v) is 8.02. The Morgan fingerprint density at radius 2 is 1.76 bits per heavy atom. The maximum atomic E-state index is 13.4. The Balaban J connectivity index is 1.62. The molecule has 0 atom stereocenters. The topological polar surface area (TPSA) is 83.2 Å². The van der Waals surface area contributed by atoms with Gasteiger partial charge < -0.3 is 20.4 Å². The number of halogens is 5. The first kappa shape index (κ1) is 20.1. The lowest BCUT2D eigenvalue weighted by atomic mass is 10.2. The average molecular weight is 413 g/mol. The normalized spacial score (nSPS) is 11.3. The van der Waals surface area contributed by atoms with Gasteiger partial charge in [0.15, 0.2) is 11.6 Å². The summed E-state index contributed by atoms with van der Waals surface area (Å²) in [6, 6.07) is 6.63. The van der Waals surface area contributed by atoms with Crippen LogP contribution >= 0.6 is 0 Å². The van der Waals surface area contributed by atoms with Crippen LogP contribution in [-0.2, 0) is 16.1 Å². The van der Waals surface area contributed by atoms with Crippen molar-refractivity contribution in [3.05, 3.63) is 59.8 Å². The molecule has 1 aromatic heterocycles. The van der Waals surface area contributed by atoms with Gasteiger partial charge in [-0.3, -0.25) is 9.59 Å². The molecule has 0 fully saturated rings. The lowest BCUT2D eigenvalue weighted by Crippen LogP contribution is -2.34. The van der Waals surface area contributed by atoms with E-state index in [2.05, 4.69) is 20.4 Å². The number of rotatable bonds is 4. The first-order chi connectivity index (χ1) is 13.6. The van der Waals surface area contributed by atoms with Gasteiger partial charge in [0, 0.05) is 24.2 Å². The molecule has 29 heavy (non-hydrogen) atoms. The van der Waals surface area contributed by atoms with E-state index < -0.39 is 35.6 Å². The maximum absolute atomic E-state index is 13.4. The highest BCUT2D eigenvalue weighted by molar-refractivity contribution is 6.40. The van der Waals surface area contributed by atoms with E-state index in [1.54, 1.807) is 0 Å². The molecule has 0 aliphatic carbocycles. The van der Waals surface area contributed by atoms with Crippen molar-refractivity contribution < 1.29 is 36.3 Å². The van der Waals surface area contributed by atoms with E-state index in [1.165, 1.54) is 18.3 Å². The van der Waals surface area contributed by atoms with Crippen molar-refractivity contribution in [2.45, 2.75) is 12.9 Å². The zero-order valence-corrected chi connectivity index (χ0v) is 14.4. The molecule has 0 spiro atoms. The highest BCUT2D eigenvalue weighted by atomic mass is 19.4. The van der Waals surface area contributed by atoms with Crippen LogP contribution in [0.2, 0.25) is 0 Å². The maximum Gasteiger partial charge on any atom is 0.573 e. The summed E-state index contributed by atoms with van der Waals surface area (Å²) in [5.41, 5.74) is 0.526. The number of anilines is 1. The number of hydrogen-bond acceptors (Lipinski definition) is 3. The second kappa shape index (κ2) is 7.78. The molecule has 3 aromatic rings. The average Bonchev–Trinajstić information content (AvgIpc) is 3.00. The fourth-order valence-corrected chi connectivity index (χ4v) is 2.51.